The largest absolute Gasteiger partial charge is 0.363 e. The highest BCUT2D eigenvalue weighted by molar-refractivity contribution is 5.97. The fourth-order valence-electron chi connectivity index (χ4n) is 2.85. The summed E-state index contributed by atoms with van der Waals surface area (Å²) in [6.07, 6.45) is 1.78. The molecule has 0 aliphatic carbocycles. The molecule has 0 amide bonds. The van der Waals surface area contributed by atoms with Gasteiger partial charge < -0.3 is 5.32 Å². The quantitative estimate of drug-likeness (QED) is 0.624. The Morgan fingerprint density at radius 2 is 1.67 bits per heavy atom. The zero-order valence-electron chi connectivity index (χ0n) is 13.3. The maximum atomic E-state index is 4.67. The second-order valence-electron chi connectivity index (χ2n) is 5.63. The summed E-state index contributed by atoms with van der Waals surface area (Å²) < 4.78 is 1.86. The van der Waals surface area contributed by atoms with Crippen LogP contribution in [0.5, 0.6) is 0 Å². The third-order valence-corrected chi connectivity index (χ3v) is 4.00. The van der Waals surface area contributed by atoms with Crippen LogP contribution in [0.1, 0.15) is 5.56 Å². The van der Waals surface area contributed by atoms with Crippen molar-refractivity contribution in [3.05, 3.63) is 72.4 Å². The van der Waals surface area contributed by atoms with Gasteiger partial charge in [0.05, 0.1) is 11.6 Å². The predicted octanol–water partition coefficient (Wildman–Crippen LogP) is 3.64. The fraction of sp³-hybridized carbons (Fsp3) is 0.105. The van der Waals surface area contributed by atoms with Crippen LogP contribution >= 0.6 is 0 Å². The second-order valence-corrected chi connectivity index (χ2v) is 5.63. The summed E-state index contributed by atoms with van der Waals surface area (Å²) >= 11 is 0. The average molecular weight is 315 g/mol. The molecular formula is C19H17N5. The standard InChI is InChI=1S/C19H17N5/c1-24-18-16(17(23-24)15-10-6-3-7-11-15)13-21-22-19(18)20-12-14-8-4-2-5-9-14/h2-11,13H,12H2,1H3,(H,20,22). The average Bonchev–Trinajstić information content (AvgIpc) is 2.99. The zero-order valence-corrected chi connectivity index (χ0v) is 13.3. The molecule has 0 aliphatic rings. The van der Waals surface area contributed by atoms with Crippen molar-refractivity contribution in [2.75, 3.05) is 5.32 Å². The van der Waals surface area contributed by atoms with E-state index in [-0.39, 0.29) is 0 Å². The van der Waals surface area contributed by atoms with Crippen LogP contribution in [0.4, 0.5) is 5.82 Å². The molecule has 0 radical (unpaired) electrons. The molecule has 1 N–H and O–H groups in total. The van der Waals surface area contributed by atoms with E-state index in [2.05, 4.69) is 44.9 Å². The van der Waals surface area contributed by atoms with Crippen molar-refractivity contribution in [1.29, 1.82) is 0 Å². The molecule has 5 heteroatoms. The van der Waals surface area contributed by atoms with Gasteiger partial charge in [0.1, 0.15) is 11.2 Å². The van der Waals surface area contributed by atoms with Crippen LogP contribution in [0.3, 0.4) is 0 Å². The van der Waals surface area contributed by atoms with Crippen molar-refractivity contribution < 1.29 is 0 Å². The van der Waals surface area contributed by atoms with Crippen LogP contribution in [-0.2, 0) is 13.6 Å². The molecule has 0 fully saturated rings. The van der Waals surface area contributed by atoms with Gasteiger partial charge in [-0.15, -0.1) is 5.10 Å². The molecule has 24 heavy (non-hydrogen) atoms. The Balaban J connectivity index is 1.74. The molecule has 4 aromatic rings. The van der Waals surface area contributed by atoms with Crippen LogP contribution < -0.4 is 5.32 Å². The van der Waals surface area contributed by atoms with E-state index in [0.29, 0.717) is 6.54 Å². The molecular weight excluding hydrogens is 298 g/mol. The summed E-state index contributed by atoms with van der Waals surface area (Å²) in [4.78, 5) is 0. The number of nitrogens with zero attached hydrogens (tertiary/aromatic N) is 4. The van der Waals surface area contributed by atoms with E-state index in [1.807, 2.05) is 48.1 Å². The van der Waals surface area contributed by atoms with Crippen molar-refractivity contribution >= 4 is 16.7 Å². The predicted molar refractivity (Wildman–Crippen MR) is 95.5 cm³/mol. The van der Waals surface area contributed by atoms with Crippen LogP contribution in [0, 0.1) is 0 Å². The molecule has 0 saturated carbocycles. The van der Waals surface area contributed by atoms with E-state index >= 15 is 0 Å². The Hall–Kier alpha value is -3.21. The van der Waals surface area contributed by atoms with Crippen molar-refractivity contribution in [2.24, 2.45) is 7.05 Å². The maximum absolute atomic E-state index is 4.67. The molecule has 0 aliphatic heterocycles. The first-order valence-corrected chi connectivity index (χ1v) is 7.84. The number of hydrogen-bond donors (Lipinski definition) is 1. The van der Waals surface area contributed by atoms with Gasteiger partial charge in [-0.05, 0) is 5.56 Å². The van der Waals surface area contributed by atoms with E-state index in [0.717, 1.165) is 28.0 Å². The van der Waals surface area contributed by atoms with Gasteiger partial charge >= 0.3 is 0 Å². The molecule has 2 aromatic heterocycles. The summed E-state index contributed by atoms with van der Waals surface area (Å²) in [7, 11) is 1.93. The number of hydrogen-bond acceptors (Lipinski definition) is 4. The number of anilines is 1. The summed E-state index contributed by atoms with van der Waals surface area (Å²) in [6, 6.07) is 20.4. The molecule has 2 aromatic carbocycles. The third kappa shape index (κ3) is 2.60. The van der Waals surface area contributed by atoms with E-state index in [4.69, 9.17) is 0 Å². The molecule has 0 saturated heterocycles. The second kappa shape index (κ2) is 6.12. The van der Waals surface area contributed by atoms with Crippen LogP contribution in [0.15, 0.2) is 66.9 Å². The van der Waals surface area contributed by atoms with Crippen LogP contribution in [0.25, 0.3) is 22.2 Å². The summed E-state index contributed by atoms with van der Waals surface area (Å²) in [5, 5.41) is 17.5. The molecule has 4 rings (SSSR count). The number of nitrogens with one attached hydrogen (secondary N) is 1. The lowest BCUT2D eigenvalue weighted by atomic mass is 10.1. The van der Waals surface area contributed by atoms with E-state index < -0.39 is 0 Å². The molecule has 5 nitrogen and oxygen atoms in total. The molecule has 0 atom stereocenters. The first-order chi connectivity index (χ1) is 11.8. The van der Waals surface area contributed by atoms with Gasteiger partial charge in [-0.1, -0.05) is 60.7 Å². The van der Waals surface area contributed by atoms with Gasteiger partial charge in [0.25, 0.3) is 0 Å². The summed E-state index contributed by atoms with van der Waals surface area (Å²) in [6.45, 7) is 0.695. The molecule has 0 bridgehead atoms. The Bertz CT molecular complexity index is 961. The van der Waals surface area contributed by atoms with Gasteiger partial charge in [0.15, 0.2) is 5.82 Å². The molecule has 0 spiro atoms. The van der Waals surface area contributed by atoms with Crippen LogP contribution in [-0.4, -0.2) is 20.0 Å². The first-order valence-electron chi connectivity index (χ1n) is 7.84. The van der Waals surface area contributed by atoms with Crippen LogP contribution in [0.2, 0.25) is 0 Å². The monoisotopic (exact) mass is 315 g/mol. The lowest BCUT2D eigenvalue weighted by Crippen LogP contribution is -2.04. The minimum absolute atomic E-state index is 0.695. The SMILES string of the molecule is Cn1nc(-c2ccccc2)c2cnnc(NCc3ccccc3)c21. The summed E-state index contributed by atoms with van der Waals surface area (Å²) in [5.74, 6) is 0.744. The summed E-state index contributed by atoms with van der Waals surface area (Å²) in [5.41, 5.74) is 4.15. The highest BCUT2D eigenvalue weighted by Gasteiger charge is 2.15. The highest BCUT2D eigenvalue weighted by atomic mass is 15.3. The Kier molecular flexibility index (Phi) is 3.67. The van der Waals surface area contributed by atoms with Gasteiger partial charge in [-0.25, -0.2) is 0 Å². The van der Waals surface area contributed by atoms with Crippen molar-refractivity contribution in [3.8, 4) is 11.3 Å². The van der Waals surface area contributed by atoms with E-state index in [1.165, 1.54) is 5.56 Å². The van der Waals surface area contributed by atoms with Gasteiger partial charge in [0, 0.05) is 19.2 Å². The Morgan fingerprint density at radius 1 is 0.958 bits per heavy atom. The van der Waals surface area contributed by atoms with E-state index in [1.54, 1.807) is 6.20 Å². The molecule has 0 unspecified atom stereocenters. The smallest absolute Gasteiger partial charge is 0.175 e. The van der Waals surface area contributed by atoms with Gasteiger partial charge in [-0.3, -0.25) is 4.68 Å². The minimum Gasteiger partial charge on any atom is -0.363 e. The van der Waals surface area contributed by atoms with Gasteiger partial charge in [-0.2, -0.15) is 10.2 Å². The maximum Gasteiger partial charge on any atom is 0.175 e. The number of rotatable bonds is 4. The third-order valence-electron chi connectivity index (χ3n) is 4.00. The lowest BCUT2D eigenvalue weighted by Gasteiger charge is -2.07. The first kappa shape index (κ1) is 14.4. The Labute approximate surface area is 140 Å². The van der Waals surface area contributed by atoms with Crippen molar-refractivity contribution in [1.82, 2.24) is 20.0 Å². The minimum atomic E-state index is 0.695. The number of benzene rings is 2. The number of fused-ring (bicyclic) bond motifs is 1. The highest BCUT2D eigenvalue weighted by Crippen LogP contribution is 2.29. The number of aryl methyl sites for hydroxylation is 1. The van der Waals surface area contributed by atoms with Gasteiger partial charge in [0.2, 0.25) is 0 Å². The topological polar surface area (TPSA) is 55.6 Å². The normalized spacial score (nSPS) is 10.9. The zero-order chi connectivity index (χ0) is 16.4. The van der Waals surface area contributed by atoms with Crippen molar-refractivity contribution in [2.45, 2.75) is 6.54 Å². The molecule has 2 heterocycles. The van der Waals surface area contributed by atoms with E-state index in [9.17, 15) is 0 Å². The van der Waals surface area contributed by atoms with Crippen molar-refractivity contribution in [3.63, 3.8) is 0 Å². The Morgan fingerprint density at radius 3 is 2.42 bits per heavy atom. The lowest BCUT2D eigenvalue weighted by molar-refractivity contribution is 0.797. The fourth-order valence-corrected chi connectivity index (χ4v) is 2.85. The number of aromatic nitrogens is 4. The molecule has 118 valence electrons.